The van der Waals surface area contributed by atoms with Crippen molar-refractivity contribution in [3.8, 4) is 0 Å². The number of hydrogen-bond acceptors (Lipinski definition) is 3. The van der Waals surface area contributed by atoms with Crippen molar-refractivity contribution in [1.29, 1.82) is 0 Å². The number of benzene rings is 1. The fraction of sp³-hybridized carbons (Fsp3) is 0.167. The van der Waals surface area contributed by atoms with Gasteiger partial charge >= 0.3 is 12.1 Å². The molecule has 0 unspecified atom stereocenters. The lowest BCUT2D eigenvalue weighted by Gasteiger charge is -2.09. The third-order valence-electron chi connectivity index (χ3n) is 1.88. The predicted octanol–water partition coefficient (Wildman–Crippen LogP) is 3.07. The molecule has 0 aliphatic heterocycles. The number of nitrogens with zero attached hydrogens (tertiary/aromatic N) is 1. The minimum absolute atomic E-state index is 0.0339. The number of carbonyl (C=O) groups excluding carboxylic acids is 1. The number of carbonyl (C=O) groups is 1. The molecule has 0 atom stereocenters. The van der Waals surface area contributed by atoms with Crippen LogP contribution in [0.4, 0.5) is 13.2 Å². The molecule has 3 nitrogen and oxygen atoms in total. The summed E-state index contributed by atoms with van der Waals surface area (Å²) in [7, 11) is 0. The van der Waals surface area contributed by atoms with Gasteiger partial charge in [0.05, 0.1) is 0 Å². The Kier molecular flexibility index (Phi) is 4.25. The van der Waals surface area contributed by atoms with Crippen molar-refractivity contribution in [3.63, 3.8) is 0 Å². The Balaban J connectivity index is 3.05. The summed E-state index contributed by atoms with van der Waals surface area (Å²) in [5, 5.41) is 2.87. The lowest BCUT2D eigenvalue weighted by atomic mass is 10.1. The quantitative estimate of drug-likeness (QED) is 0.361. The Bertz CT molecular complexity index is 478. The van der Waals surface area contributed by atoms with E-state index >= 15 is 0 Å². The van der Waals surface area contributed by atoms with Crippen molar-refractivity contribution in [2.45, 2.75) is 13.1 Å². The number of rotatable bonds is 3. The summed E-state index contributed by atoms with van der Waals surface area (Å²) in [6, 6.07) is 6.87. The Morgan fingerprint density at radius 3 is 2.28 bits per heavy atom. The molecule has 0 N–H and O–H groups in total. The van der Waals surface area contributed by atoms with Crippen LogP contribution in [0.15, 0.2) is 47.6 Å². The van der Waals surface area contributed by atoms with Gasteiger partial charge in [-0.25, -0.2) is 4.79 Å². The van der Waals surface area contributed by atoms with Crippen molar-refractivity contribution in [1.82, 2.24) is 0 Å². The van der Waals surface area contributed by atoms with Gasteiger partial charge in [0.2, 0.25) is 0 Å². The van der Waals surface area contributed by atoms with E-state index in [0.29, 0.717) is 0 Å². The molecule has 0 aliphatic rings. The predicted molar refractivity (Wildman–Crippen MR) is 59.9 cm³/mol. The van der Waals surface area contributed by atoms with E-state index in [-0.39, 0.29) is 11.1 Å². The SMILES string of the molecule is C=C(C)C(=O)O/N=C(\c1ccccc1)C(F)(F)F. The van der Waals surface area contributed by atoms with Crippen molar-refractivity contribution in [3.05, 3.63) is 48.0 Å². The van der Waals surface area contributed by atoms with Gasteiger partial charge in [-0.15, -0.1) is 0 Å². The van der Waals surface area contributed by atoms with E-state index < -0.39 is 17.9 Å². The molecule has 0 aliphatic carbocycles. The maximum absolute atomic E-state index is 12.7. The fourth-order valence-corrected chi connectivity index (χ4v) is 1.03. The van der Waals surface area contributed by atoms with Gasteiger partial charge in [0.1, 0.15) is 0 Å². The molecule has 0 aromatic heterocycles. The summed E-state index contributed by atoms with van der Waals surface area (Å²) >= 11 is 0. The second kappa shape index (κ2) is 5.48. The van der Waals surface area contributed by atoms with Crippen molar-refractivity contribution >= 4 is 11.7 Å². The molecule has 0 spiro atoms. The Morgan fingerprint density at radius 2 is 1.83 bits per heavy atom. The second-order valence-corrected chi connectivity index (χ2v) is 3.46. The highest BCUT2D eigenvalue weighted by Gasteiger charge is 2.38. The lowest BCUT2D eigenvalue weighted by molar-refractivity contribution is -0.139. The van der Waals surface area contributed by atoms with Crippen LogP contribution in [0.2, 0.25) is 0 Å². The van der Waals surface area contributed by atoms with Gasteiger partial charge in [-0.3, -0.25) is 0 Å². The van der Waals surface area contributed by atoms with Crippen molar-refractivity contribution in [2.24, 2.45) is 5.16 Å². The average Bonchev–Trinajstić information content (AvgIpc) is 2.28. The normalized spacial score (nSPS) is 12.1. The van der Waals surface area contributed by atoms with Gasteiger partial charge in [-0.1, -0.05) is 42.1 Å². The first-order chi connectivity index (χ1) is 8.32. The number of halogens is 3. The number of alkyl halides is 3. The summed E-state index contributed by atoms with van der Waals surface area (Å²) < 4.78 is 38.1. The molecule has 0 heterocycles. The third kappa shape index (κ3) is 3.73. The van der Waals surface area contributed by atoms with Crippen LogP contribution in [0.3, 0.4) is 0 Å². The van der Waals surface area contributed by atoms with E-state index in [9.17, 15) is 18.0 Å². The topological polar surface area (TPSA) is 38.7 Å². The van der Waals surface area contributed by atoms with Crippen LogP contribution >= 0.6 is 0 Å². The molecule has 0 bridgehead atoms. The largest absolute Gasteiger partial charge is 0.437 e. The van der Waals surface area contributed by atoms with Crippen LogP contribution in [0.1, 0.15) is 12.5 Å². The maximum atomic E-state index is 12.7. The van der Waals surface area contributed by atoms with E-state index in [1.54, 1.807) is 6.07 Å². The molecular weight excluding hydrogens is 247 g/mol. The average molecular weight is 257 g/mol. The zero-order valence-electron chi connectivity index (χ0n) is 9.49. The lowest BCUT2D eigenvalue weighted by Crippen LogP contribution is -2.25. The minimum Gasteiger partial charge on any atom is -0.313 e. The van der Waals surface area contributed by atoms with Crippen LogP contribution in [-0.4, -0.2) is 17.9 Å². The number of hydrogen-bond donors (Lipinski definition) is 0. The molecule has 0 fully saturated rings. The Hall–Kier alpha value is -2.11. The summed E-state index contributed by atoms with van der Waals surface area (Å²) in [4.78, 5) is 15.2. The molecule has 0 radical (unpaired) electrons. The van der Waals surface area contributed by atoms with E-state index in [4.69, 9.17) is 0 Å². The van der Waals surface area contributed by atoms with Gasteiger partial charge in [0, 0.05) is 11.1 Å². The van der Waals surface area contributed by atoms with Crippen LogP contribution < -0.4 is 0 Å². The van der Waals surface area contributed by atoms with Crippen LogP contribution in [0.5, 0.6) is 0 Å². The van der Waals surface area contributed by atoms with E-state index in [0.717, 1.165) is 0 Å². The maximum Gasteiger partial charge on any atom is 0.437 e. The zero-order valence-corrected chi connectivity index (χ0v) is 9.49. The molecule has 1 aromatic carbocycles. The Labute approximate surface area is 102 Å². The first-order valence-electron chi connectivity index (χ1n) is 4.90. The monoisotopic (exact) mass is 257 g/mol. The summed E-state index contributed by atoms with van der Waals surface area (Å²) in [5.74, 6) is -1.01. The summed E-state index contributed by atoms with van der Waals surface area (Å²) in [6.45, 7) is 4.56. The number of oxime groups is 1. The molecule has 0 saturated heterocycles. The fourth-order valence-electron chi connectivity index (χ4n) is 1.03. The summed E-state index contributed by atoms with van der Waals surface area (Å²) in [6.07, 6.45) is -4.71. The zero-order chi connectivity index (χ0) is 13.8. The van der Waals surface area contributed by atoms with Crippen LogP contribution in [0.25, 0.3) is 0 Å². The molecule has 1 aromatic rings. The molecule has 1 rings (SSSR count). The van der Waals surface area contributed by atoms with Crippen LogP contribution in [0, 0.1) is 0 Å². The van der Waals surface area contributed by atoms with Crippen LogP contribution in [-0.2, 0) is 9.63 Å². The van der Waals surface area contributed by atoms with Crippen molar-refractivity contribution < 1.29 is 22.8 Å². The van der Waals surface area contributed by atoms with E-state index in [2.05, 4.69) is 16.6 Å². The molecule has 6 heteroatoms. The smallest absolute Gasteiger partial charge is 0.313 e. The highest BCUT2D eigenvalue weighted by Crippen LogP contribution is 2.22. The molecule has 0 amide bonds. The first kappa shape index (κ1) is 14.0. The van der Waals surface area contributed by atoms with E-state index in [1.807, 2.05) is 0 Å². The molecule has 18 heavy (non-hydrogen) atoms. The third-order valence-corrected chi connectivity index (χ3v) is 1.88. The molecule has 0 saturated carbocycles. The standard InChI is InChI=1S/C12H10F3NO2/c1-8(2)11(17)18-16-10(12(13,14)15)9-6-4-3-5-7-9/h3-7H,1H2,2H3/b16-10+. The highest BCUT2D eigenvalue weighted by atomic mass is 19.4. The van der Waals surface area contributed by atoms with Gasteiger partial charge < -0.3 is 4.84 Å². The second-order valence-electron chi connectivity index (χ2n) is 3.46. The molecular formula is C12H10F3NO2. The van der Waals surface area contributed by atoms with Gasteiger partial charge in [-0.05, 0) is 6.92 Å². The highest BCUT2D eigenvalue weighted by molar-refractivity contribution is 6.04. The summed E-state index contributed by atoms with van der Waals surface area (Å²) in [5.41, 5.74) is -1.48. The first-order valence-corrected chi connectivity index (χ1v) is 4.90. The van der Waals surface area contributed by atoms with Gasteiger partial charge in [0.25, 0.3) is 0 Å². The Morgan fingerprint density at radius 1 is 1.28 bits per heavy atom. The minimum atomic E-state index is -4.71. The van der Waals surface area contributed by atoms with Gasteiger partial charge in [0.15, 0.2) is 5.71 Å². The molecule has 96 valence electrons. The van der Waals surface area contributed by atoms with E-state index in [1.165, 1.54) is 31.2 Å². The van der Waals surface area contributed by atoms with Gasteiger partial charge in [-0.2, -0.15) is 13.2 Å². The van der Waals surface area contributed by atoms with Crippen molar-refractivity contribution in [2.75, 3.05) is 0 Å².